The fourth-order valence-electron chi connectivity index (χ4n) is 2.21. The Labute approximate surface area is 107 Å². The smallest absolute Gasteiger partial charge is 0.322 e. The summed E-state index contributed by atoms with van der Waals surface area (Å²) >= 11 is 0. The average Bonchev–Trinajstić information content (AvgIpc) is 2.46. The summed E-state index contributed by atoms with van der Waals surface area (Å²) in [5.74, 6) is -0.191. The van der Waals surface area contributed by atoms with E-state index in [0.29, 0.717) is 6.61 Å². The monoisotopic (exact) mass is 249 g/mol. The Hall–Kier alpha value is -1.39. The molecule has 0 saturated carbocycles. The maximum atomic E-state index is 11.5. The first-order valence-corrected chi connectivity index (χ1v) is 6.21. The predicted octanol–water partition coefficient (Wildman–Crippen LogP) is 1.62. The third-order valence-electron chi connectivity index (χ3n) is 3.36. The zero-order valence-electron chi connectivity index (χ0n) is 10.8. The maximum absolute atomic E-state index is 11.5. The largest absolute Gasteiger partial charge is 0.468 e. The minimum absolute atomic E-state index is 0.0343. The van der Waals surface area contributed by atoms with Crippen molar-refractivity contribution in [1.29, 1.82) is 0 Å². The second-order valence-electron chi connectivity index (χ2n) is 4.46. The average molecular weight is 249 g/mol. The summed E-state index contributed by atoms with van der Waals surface area (Å²) in [6.07, 6.45) is 0.0343. The van der Waals surface area contributed by atoms with Crippen LogP contribution in [0.1, 0.15) is 18.6 Å². The molecule has 1 aromatic rings. The highest BCUT2D eigenvalue weighted by Gasteiger charge is 2.28. The van der Waals surface area contributed by atoms with E-state index >= 15 is 0 Å². The molecule has 2 rings (SSSR count). The molecule has 0 aromatic heterocycles. The Morgan fingerprint density at radius 2 is 2.17 bits per heavy atom. The molecule has 1 saturated heterocycles. The van der Waals surface area contributed by atoms with Crippen LogP contribution < -0.4 is 0 Å². The molecule has 0 aliphatic carbocycles. The van der Waals surface area contributed by atoms with Gasteiger partial charge in [0.05, 0.1) is 19.8 Å². The van der Waals surface area contributed by atoms with Crippen molar-refractivity contribution in [3.8, 4) is 0 Å². The lowest BCUT2D eigenvalue weighted by molar-refractivity contribution is -0.149. The fourth-order valence-corrected chi connectivity index (χ4v) is 2.21. The number of benzene rings is 1. The van der Waals surface area contributed by atoms with Crippen molar-refractivity contribution >= 4 is 5.97 Å². The van der Waals surface area contributed by atoms with Crippen LogP contribution in [0.15, 0.2) is 30.3 Å². The second kappa shape index (κ2) is 5.98. The molecular weight excluding hydrogens is 230 g/mol. The van der Waals surface area contributed by atoms with Gasteiger partial charge in [0, 0.05) is 13.1 Å². The molecule has 0 N–H and O–H groups in total. The first-order chi connectivity index (χ1) is 8.72. The van der Waals surface area contributed by atoms with Crippen LogP contribution in [0.4, 0.5) is 0 Å². The molecule has 1 aliphatic heterocycles. The number of nitrogens with zero attached hydrogens (tertiary/aromatic N) is 1. The van der Waals surface area contributed by atoms with E-state index < -0.39 is 0 Å². The van der Waals surface area contributed by atoms with Crippen LogP contribution in [0.3, 0.4) is 0 Å². The SMILES string of the molecule is COC(=O)[C@@H](C)N1CCO[C@H](c2ccccc2)C1. The Morgan fingerprint density at radius 3 is 2.83 bits per heavy atom. The van der Waals surface area contributed by atoms with Crippen molar-refractivity contribution in [2.24, 2.45) is 0 Å². The van der Waals surface area contributed by atoms with Gasteiger partial charge in [-0.15, -0.1) is 0 Å². The van der Waals surface area contributed by atoms with Crippen molar-refractivity contribution in [2.75, 3.05) is 26.8 Å². The third-order valence-corrected chi connectivity index (χ3v) is 3.36. The predicted molar refractivity (Wildman–Crippen MR) is 68.2 cm³/mol. The van der Waals surface area contributed by atoms with Gasteiger partial charge in [0.2, 0.25) is 0 Å². The van der Waals surface area contributed by atoms with Gasteiger partial charge in [0.25, 0.3) is 0 Å². The Balaban J connectivity index is 2.03. The van der Waals surface area contributed by atoms with Crippen LogP contribution in [0.25, 0.3) is 0 Å². The third kappa shape index (κ3) is 2.89. The van der Waals surface area contributed by atoms with Crippen LogP contribution in [0.5, 0.6) is 0 Å². The molecule has 0 amide bonds. The van der Waals surface area contributed by atoms with E-state index in [1.165, 1.54) is 7.11 Å². The van der Waals surface area contributed by atoms with Crippen molar-refractivity contribution in [3.63, 3.8) is 0 Å². The highest BCUT2D eigenvalue weighted by atomic mass is 16.5. The molecule has 0 radical (unpaired) electrons. The lowest BCUT2D eigenvalue weighted by Crippen LogP contribution is -2.47. The fraction of sp³-hybridized carbons (Fsp3) is 0.500. The van der Waals surface area contributed by atoms with Gasteiger partial charge in [-0.1, -0.05) is 30.3 Å². The minimum atomic E-state index is -0.217. The summed E-state index contributed by atoms with van der Waals surface area (Å²) in [6.45, 7) is 4.00. The van der Waals surface area contributed by atoms with Gasteiger partial charge in [0.15, 0.2) is 0 Å². The zero-order chi connectivity index (χ0) is 13.0. The molecule has 0 unspecified atom stereocenters. The van der Waals surface area contributed by atoms with Crippen molar-refractivity contribution in [2.45, 2.75) is 19.1 Å². The summed E-state index contributed by atoms with van der Waals surface area (Å²) < 4.78 is 10.5. The van der Waals surface area contributed by atoms with E-state index in [2.05, 4.69) is 17.0 Å². The zero-order valence-corrected chi connectivity index (χ0v) is 10.8. The van der Waals surface area contributed by atoms with E-state index in [0.717, 1.165) is 18.7 Å². The van der Waals surface area contributed by atoms with Crippen LogP contribution >= 0.6 is 0 Å². The summed E-state index contributed by atoms with van der Waals surface area (Å²) in [7, 11) is 1.42. The minimum Gasteiger partial charge on any atom is -0.468 e. The molecule has 0 bridgehead atoms. The summed E-state index contributed by atoms with van der Waals surface area (Å²) in [5, 5.41) is 0. The maximum Gasteiger partial charge on any atom is 0.322 e. The van der Waals surface area contributed by atoms with Crippen molar-refractivity contribution in [3.05, 3.63) is 35.9 Å². The van der Waals surface area contributed by atoms with Gasteiger partial charge in [0.1, 0.15) is 6.04 Å². The van der Waals surface area contributed by atoms with Crippen LogP contribution in [-0.4, -0.2) is 43.7 Å². The second-order valence-corrected chi connectivity index (χ2v) is 4.46. The highest BCUT2D eigenvalue weighted by Crippen LogP contribution is 2.23. The van der Waals surface area contributed by atoms with Gasteiger partial charge in [-0.3, -0.25) is 9.69 Å². The Morgan fingerprint density at radius 1 is 1.44 bits per heavy atom. The number of carbonyl (C=O) groups is 1. The highest BCUT2D eigenvalue weighted by molar-refractivity contribution is 5.75. The number of methoxy groups -OCH3 is 1. The topological polar surface area (TPSA) is 38.8 Å². The Bertz CT molecular complexity index is 393. The molecule has 1 fully saturated rings. The number of esters is 1. The van der Waals surface area contributed by atoms with Gasteiger partial charge in [-0.25, -0.2) is 0 Å². The van der Waals surface area contributed by atoms with Crippen LogP contribution in [0.2, 0.25) is 0 Å². The number of carbonyl (C=O) groups excluding carboxylic acids is 1. The molecular formula is C14H19NO3. The van der Waals surface area contributed by atoms with Gasteiger partial charge in [-0.2, -0.15) is 0 Å². The molecule has 1 heterocycles. The van der Waals surface area contributed by atoms with Crippen LogP contribution in [0, 0.1) is 0 Å². The number of ether oxygens (including phenoxy) is 2. The van der Waals surface area contributed by atoms with E-state index in [4.69, 9.17) is 9.47 Å². The summed E-state index contributed by atoms with van der Waals surface area (Å²) in [4.78, 5) is 13.7. The molecule has 1 aromatic carbocycles. The molecule has 2 atom stereocenters. The molecule has 0 spiro atoms. The van der Waals surface area contributed by atoms with Gasteiger partial charge < -0.3 is 9.47 Å². The van der Waals surface area contributed by atoms with Crippen molar-refractivity contribution < 1.29 is 14.3 Å². The number of hydrogen-bond acceptors (Lipinski definition) is 4. The van der Waals surface area contributed by atoms with Crippen LogP contribution in [-0.2, 0) is 14.3 Å². The first-order valence-electron chi connectivity index (χ1n) is 6.21. The quantitative estimate of drug-likeness (QED) is 0.763. The number of hydrogen-bond donors (Lipinski definition) is 0. The van der Waals surface area contributed by atoms with Crippen molar-refractivity contribution in [1.82, 2.24) is 4.90 Å². The van der Waals surface area contributed by atoms with Gasteiger partial charge >= 0.3 is 5.97 Å². The Kier molecular flexibility index (Phi) is 4.33. The van der Waals surface area contributed by atoms with E-state index in [1.54, 1.807) is 0 Å². The normalized spacial score (nSPS) is 22.4. The first kappa shape index (κ1) is 13.1. The number of rotatable bonds is 3. The van der Waals surface area contributed by atoms with E-state index in [9.17, 15) is 4.79 Å². The van der Waals surface area contributed by atoms with E-state index in [1.807, 2.05) is 25.1 Å². The molecule has 1 aliphatic rings. The standard InChI is InChI=1S/C14H19NO3/c1-11(14(16)17-2)15-8-9-18-13(10-15)12-6-4-3-5-7-12/h3-7,11,13H,8-10H2,1-2H3/t11-,13+/m1/s1. The van der Waals surface area contributed by atoms with Gasteiger partial charge in [-0.05, 0) is 12.5 Å². The molecule has 98 valence electrons. The summed E-state index contributed by atoms with van der Waals surface area (Å²) in [6, 6.07) is 9.88. The molecule has 4 nitrogen and oxygen atoms in total. The molecule has 18 heavy (non-hydrogen) atoms. The molecule has 4 heteroatoms. The lowest BCUT2D eigenvalue weighted by atomic mass is 10.1. The summed E-state index contributed by atoms with van der Waals surface area (Å²) in [5.41, 5.74) is 1.15. The number of morpholine rings is 1. The lowest BCUT2D eigenvalue weighted by Gasteiger charge is -2.35. The van der Waals surface area contributed by atoms with E-state index in [-0.39, 0.29) is 18.1 Å².